The summed E-state index contributed by atoms with van der Waals surface area (Å²) in [5, 5.41) is 0. The average Bonchev–Trinajstić information content (AvgIpc) is 2.18. The molecule has 13 heavy (non-hydrogen) atoms. The molecule has 0 amide bonds. The van der Waals surface area contributed by atoms with Crippen molar-refractivity contribution in [3.63, 3.8) is 0 Å². The fourth-order valence-corrected chi connectivity index (χ4v) is 1.50. The van der Waals surface area contributed by atoms with Crippen molar-refractivity contribution < 1.29 is 0 Å². The van der Waals surface area contributed by atoms with Crippen molar-refractivity contribution in [3.05, 3.63) is 47.5 Å². The molecule has 0 N–H and O–H groups in total. The standard InChI is InChI=1S/C13H18/c1-4-8-11(2)12(3)13-9-6-5-7-10-13/h5-10,12H,4H2,1-3H3. The summed E-state index contributed by atoms with van der Waals surface area (Å²) in [6.45, 7) is 6.65. The summed E-state index contributed by atoms with van der Waals surface area (Å²) in [5.41, 5.74) is 2.87. The SMILES string of the molecule is CCC=C(C)C(C)c1ccccc1. The van der Waals surface area contributed by atoms with Crippen LogP contribution in [0.1, 0.15) is 38.7 Å². The second kappa shape index (κ2) is 4.86. The van der Waals surface area contributed by atoms with Crippen molar-refractivity contribution in [1.82, 2.24) is 0 Å². The van der Waals surface area contributed by atoms with Gasteiger partial charge in [-0.25, -0.2) is 0 Å². The third kappa shape index (κ3) is 2.73. The van der Waals surface area contributed by atoms with Crippen LogP contribution < -0.4 is 0 Å². The maximum atomic E-state index is 2.30. The van der Waals surface area contributed by atoms with Crippen molar-refractivity contribution in [2.75, 3.05) is 0 Å². The smallest absolute Gasteiger partial charge is 0.00170 e. The van der Waals surface area contributed by atoms with Gasteiger partial charge in [0.1, 0.15) is 0 Å². The molecular weight excluding hydrogens is 156 g/mol. The van der Waals surface area contributed by atoms with Crippen molar-refractivity contribution in [3.8, 4) is 0 Å². The number of benzene rings is 1. The van der Waals surface area contributed by atoms with E-state index in [-0.39, 0.29) is 0 Å². The van der Waals surface area contributed by atoms with Gasteiger partial charge in [-0.05, 0) is 18.9 Å². The Hall–Kier alpha value is -1.04. The van der Waals surface area contributed by atoms with E-state index in [2.05, 4.69) is 57.2 Å². The molecule has 0 spiro atoms. The molecule has 0 heterocycles. The van der Waals surface area contributed by atoms with Gasteiger partial charge in [0, 0.05) is 5.92 Å². The van der Waals surface area contributed by atoms with Gasteiger partial charge in [0.15, 0.2) is 0 Å². The van der Waals surface area contributed by atoms with E-state index in [0.29, 0.717) is 5.92 Å². The molecule has 0 aliphatic heterocycles. The normalized spacial score (nSPS) is 14.2. The lowest BCUT2D eigenvalue weighted by Gasteiger charge is -2.12. The van der Waals surface area contributed by atoms with Gasteiger partial charge >= 0.3 is 0 Å². The van der Waals surface area contributed by atoms with E-state index in [1.807, 2.05) is 0 Å². The molecule has 1 unspecified atom stereocenters. The van der Waals surface area contributed by atoms with E-state index in [1.54, 1.807) is 0 Å². The zero-order chi connectivity index (χ0) is 9.68. The molecule has 0 radical (unpaired) electrons. The summed E-state index contributed by atoms with van der Waals surface area (Å²) < 4.78 is 0. The van der Waals surface area contributed by atoms with Crippen LogP contribution in [0.4, 0.5) is 0 Å². The van der Waals surface area contributed by atoms with Gasteiger partial charge in [-0.3, -0.25) is 0 Å². The summed E-state index contributed by atoms with van der Waals surface area (Å²) in [4.78, 5) is 0. The third-order valence-corrected chi connectivity index (χ3v) is 2.51. The number of hydrogen-bond acceptors (Lipinski definition) is 0. The minimum absolute atomic E-state index is 0.557. The molecule has 0 saturated heterocycles. The molecule has 1 aromatic carbocycles. The van der Waals surface area contributed by atoms with Crippen LogP contribution in [0.15, 0.2) is 42.0 Å². The van der Waals surface area contributed by atoms with Crippen LogP contribution in [-0.2, 0) is 0 Å². The summed E-state index contributed by atoms with van der Waals surface area (Å²) in [5.74, 6) is 0.557. The molecule has 0 aromatic heterocycles. The Kier molecular flexibility index (Phi) is 3.75. The first-order chi connectivity index (χ1) is 6.25. The largest absolute Gasteiger partial charge is 0.0853 e. The fraction of sp³-hybridized carbons (Fsp3) is 0.385. The molecule has 0 fully saturated rings. The average molecular weight is 174 g/mol. The van der Waals surface area contributed by atoms with Gasteiger partial charge in [-0.1, -0.05) is 55.8 Å². The first kappa shape index (κ1) is 10.0. The zero-order valence-corrected chi connectivity index (χ0v) is 8.75. The number of rotatable bonds is 3. The molecule has 0 saturated carbocycles. The second-order valence-corrected chi connectivity index (χ2v) is 3.49. The van der Waals surface area contributed by atoms with Gasteiger partial charge in [-0.2, -0.15) is 0 Å². The lowest BCUT2D eigenvalue weighted by atomic mass is 9.93. The van der Waals surface area contributed by atoms with Crippen LogP contribution in [0.5, 0.6) is 0 Å². The van der Waals surface area contributed by atoms with Crippen LogP contribution in [0.3, 0.4) is 0 Å². The van der Waals surface area contributed by atoms with Gasteiger partial charge in [-0.15, -0.1) is 0 Å². The molecule has 70 valence electrons. The Balaban J connectivity index is 2.79. The lowest BCUT2D eigenvalue weighted by molar-refractivity contribution is 0.882. The first-order valence-corrected chi connectivity index (χ1v) is 4.97. The van der Waals surface area contributed by atoms with Crippen LogP contribution in [-0.4, -0.2) is 0 Å². The Morgan fingerprint density at radius 3 is 2.46 bits per heavy atom. The van der Waals surface area contributed by atoms with E-state index in [9.17, 15) is 0 Å². The van der Waals surface area contributed by atoms with Crippen LogP contribution in [0.25, 0.3) is 0 Å². The Morgan fingerprint density at radius 1 is 1.31 bits per heavy atom. The van der Waals surface area contributed by atoms with Crippen molar-refractivity contribution in [2.24, 2.45) is 0 Å². The third-order valence-electron chi connectivity index (χ3n) is 2.51. The van der Waals surface area contributed by atoms with Gasteiger partial charge in [0.2, 0.25) is 0 Å². The first-order valence-electron chi connectivity index (χ1n) is 4.97. The molecule has 1 aromatic rings. The summed E-state index contributed by atoms with van der Waals surface area (Å²) in [6, 6.07) is 10.7. The molecule has 1 rings (SSSR count). The summed E-state index contributed by atoms with van der Waals surface area (Å²) in [6.07, 6.45) is 3.43. The van der Waals surface area contributed by atoms with Gasteiger partial charge < -0.3 is 0 Å². The lowest BCUT2D eigenvalue weighted by Crippen LogP contribution is -1.94. The monoisotopic (exact) mass is 174 g/mol. The quantitative estimate of drug-likeness (QED) is 0.604. The van der Waals surface area contributed by atoms with E-state index in [0.717, 1.165) is 6.42 Å². The molecule has 1 atom stereocenters. The maximum absolute atomic E-state index is 2.30. The predicted molar refractivity (Wildman–Crippen MR) is 58.9 cm³/mol. The second-order valence-electron chi connectivity index (χ2n) is 3.49. The highest BCUT2D eigenvalue weighted by atomic mass is 14.1. The van der Waals surface area contributed by atoms with Crippen molar-refractivity contribution >= 4 is 0 Å². The highest BCUT2D eigenvalue weighted by Crippen LogP contribution is 2.22. The topological polar surface area (TPSA) is 0 Å². The van der Waals surface area contributed by atoms with Gasteiger partial charge in [0.25, 0.3) is 0 Å². The number of allylic oxidation sites excluding steroid dienone is 2. The minimum Gasteiger partial charge on any atom is -0.0853 e. The Labute approximate surface area is 81.3 Å². The summed E-state index contributed by atoms with van der Waals surface area (Å²) >= 11 is 0. The maximum Gasteiger partial charge on any atom is 0.00170 e. The van der Waals surface area contributed by atoms with Crippen LogP contribution >= 0.6 is 0 Å². The minimum atomic E-state index is 0.557. The summed E-state index contributed by atoms with van der Waals surface area (Å²) in [7, 11) is 0. The fourth-order valence-electron chi connectivity index (χ4n) is 1.50. The Morgan fingerprint density at radius 2 is 1.92 bits per heavy atom. The van der Waals surface area contributed by atoms with Crippen LogP contribution in [0.2, 0.25) is 0 Å². The molecule has 0 aliphatic carbocycles. The van der Waals surface area contributed by atoms with E-state index in [1.165, 1.54) is 11.1 Å². The molecule has 0 bridgehead atoms. The van der Waals surface area contributed by atoms with Gasteiger partial charge in [0.05, 0.1) is 0 Å². The van der Waals surface area contributed by atoms with E-state index < -0.39 is 0 Å². The molecule has 0 heteroatoms. The predicted octanol–water partition coefficient (Wildman–Crippen LogP) is 4.15. The van der Waals surface area contributed by atoms with Crippen LogP contribution in [0, 0.1) is 0 Å². The van der Waals surface area contributed by atoms with E-state index >= 15 is 0 Å². The molecular formula is C13H18. The highest BCUT2D eigenvalue weighted by molar-refractivity contribution is 5.26. The number of hydrogen-bond donors (Lipinski definition) is 0. The van der Waals surface area contributed by atoms with Crippen molar-refractivity contribution in [2.45, 2.75) is 33.1 Å². The van der Waals surface area contributed by atoms with E-state index in [4.69, 9.17) is 0 Å². The van der Waals surface area contributed by atoms with Crippen molar-refractivity contribution in [1.29, 1.82) is 0 Å². The molecule has 0 aliphatic rings. The zero-order valence-electron chi connectivity index (χ0n) is 8.75. The molecule has 0 nitrogen and oxygen atoms in total. The highest BCUT2D eigenvalue weighted by Gasteiger charge is 2.05. The Bertz CT molecular complexity index is 269.